The second kappa shape index (κ2) is 4.82. The van der Waals surface area contributed by atoms with Crippen LogP contribution in [0.2, 0.25) is 0 Å². The van der Waals surface area contributed by atoms with E-state index >= 15 is 0 Å². The average Bonchev–Trinajstić information content (AvgIpc) is 2.71. The molecule has 1 atom stereocenters. The van der Waals surface area contributed by atoms with Crippen molar-refractivity contribution in [3.63, 3.8) is 0 Å². The van der Waals surface area contributed by atoms with Gasteiger partial charge in [-0.15, -0.1) is 0 Å². The molecule has 16 heavy (non-hydrogen) atoms. The van der Waals surface area contributed by atoms with Gasteiger partial charge in [0.15, 0.2) is 0 Å². The molecule has 90 valence electrons. The maximum Gasteiger partial charge on any atom is 0.310 e. The molecule has 2 aliphatic heterocycles. The number of methoxy groups -OCH3 is 1. The van der Waals surface area contributed by atoms with E-state index in [1.165, 1.54) is 7.11 Å². The Morgan fingerprint density at radius 1 is 1.44 bits per heavy atom. The minimum atomic E-state index is -0.259. The maximum absolute atomic E-state index is 11.8. The van der Waals surface area contributed by atoms with Gasteiger partial charge in [-0.3, -0.25) is 9.59 Å². The summed E-state index contributed by atoms with van der Waals surface area (Å²) < 4.78 is 4.69. The van der Waals surface area contributed by atoms with Crippen LogP contribution in [0.25, 0.3) is 0 Å². The summed E-state index contributed by atoms with van der Waals surface area (Å²) in [5, 5.41) is 3.27. The zero-order valence-corrected chi connectivity index (χ0v) is 9.57. The minimum absolute atomic E-state index is 0.0994. The summed E-state index contributed by atoms with van der Waals surface area (Å²) in [7, 11) is 1.37. The minimum Gasteiger partial charge on any atom is -0.469 e. The van der Waals surface area contributed by atoms with Crippen LogP contribution in [-0.2, 0) is 14.3 Å². The van der Waals surface area contributed by atoms with Crippen LogP contribution >= 0.6 is 0 Å². The van der Waals surface area contributed by atoms with E-state index in [0.717, 1.165) is 25.9 Å². The number of carbonyl (C=O) groups excluding carboxylic acids is 2. The van der Waals surface area contributed by atoms with Gasteiger partial charge in [0.05, 0.1) is 13.0 Å². The summed E-state index contributed by atoms with van der Waals surface area (Å²) >= 11 is 0. The van der Waals surface area contributed by atoms with Crippen molar-refractivity contribution in [3.05, 3.63) is 0 Å². The monoisotopic (exact) mass is 226 g/mol. The fourth-order valence-electron chi connectivity index (χ4n) is 2.53. The molecule has 2 aliphatic rings. The quantitative estimate of drug-likeness (QED) is 0.660. The number of carbonyl (C=O) groups is 2. The van der Waals surface area contributed by atoms with Crippen LogP contribution in [0.15, 0.2) is 0 Å². The molecule has 0 radical (unpaired) electrons. The number of rotatable bonds is 2. The molecule has 1 amide bonds. The number of nitrogens with zero attached hydrogens (tertiary/aromatic N) is 1. The Morgan fingerprint density at radius 3 is 2.75 bits per heavy atom. The first-order chi connectivity index (χ1) is 7.72. The molecule has 0 aliphatic carbocycles. The Morgan fingerprint density at radius 2 is 2.12 bits per heavy atom. The molecule has 1 N–H and O–H groups in total. The van der Waals surface area contributed by atoms with Gasteiger partial charge in [-0.25, -0.2) is 0 Å². The molecule has 0 saturated carbocycles. The normalized spacial score (nSPS) is 27.2. The lowest BCUT2D eigenvalue weighted by Gasteiger charge is -2.31. The van der Waals surface area contributed by atoms with E-state index in [4.69, 9.17) is 0 Å². The summed E-state index contributed by atoms with van der Waals surface area (Å²) in [4.78, 5) is 25.0. The van der Waals surface area contributed by atoms with Gasteiger partial charge in [0.1, 0.15) is 0 Å². The van der Waals surface area contributed by atoms with Gasteiger partial charge in [0.2, 0.25) is 5.91 Å². The predicted octanol–water partition coefficient (Wildman–Crippen LogP) is -0.240. The Bertz CT molecular complexity index is 287. The van der Waals surface area contributed by atoms with Crippen LogP contribution in [0.3, 0.4) is 0 Å². The van der Waals surface area contributed by atoms with Gasteiger partial charge in [-0.05, 0) is 25.9 Å². The summed E-state index contributed by atoms with van der Waals surface area (Å²) in [5.41, 5.74) is 0. The number of hydrogen-bond acceptors (Lipinski definition) is 4. The fraction of sp³-hybridized carbons (Fsp3) is 0.818. The van der Waals surface area contributed by atoms with Crippen molar-refractivity contribution < 1.29 is 14.3 Å². The van der Waals surface area contributed by atoms with E-state index in [-0.39, 0.29) is 17.8 Å². The number of amides is 1. The van der Waals surface area contributed by atoms with Crippen LogP contribution in [0, 0.1) is 5.92 Å². The molecule has 5 heteroatoms. The van der Waals surface area contributed by atoms with Gasteiger partial charge in [0, 0.05) is 19.0 Å². The Hall–Kier alpha value is -1.10. The van der Waals surface area contributed by atoms with Crippen molar-refractivity contribution in [1.29, 1.82) is 0 Å². The second-order valence-electron chi connectivity index (χ2n) is 4.45. The molecule has 2 fully saturated rings. The van der Waals surface area contributed by atoms with E-state index in [1.54, 1.807) is 0 Å². The molecule has 2 heterocycles. The molecule has 0 bridgehead atoms. The van der Waals surface area contributed by atoms with E-state index in [2.05, 4.69) is 10.1 Å². The van der Waals surface area contributed by atoms with Gasteiger partial charge in [0.25, 0.3) is 0 Å². The zero-order chi connectivity index (χ0) is 11.5. The van der Waals surface area contributed by atoms with Crippen molar-refractivity contribution in [2.45, 2.75) is 25.3 Å². The summed E-state index contributed by atoms with van der Waals surface area (Å²) in [5.74, 6) is -0.417. The first-order valence-electron chi connectivity index (χ1n) is 5.80. The largest absolute Gasteiger partial charge is 0.469 e. The zero-order valence-electron chi connectivity index (χ0n) is 9.57. The van der Waals surface area contributed by atoms with Gasteiger partial charge >= 0.3 is 5.97 Å². The predicted molar refractivity (Wildman–Crippen MR) is 57.7 cm³/mol. The summed E-state index contributed by atoms with van der Waals surface area (Å²) in [6.45, 7) is 2.45. The van der Waals surface area contributed by atoms with Crippen LogP contribution in [0.5, 0.6) is 0 Å². The maximum atomic E-state index is 11.8. The highest BCUT2D eigenvalue weighted by Crippen LogP contribution is 2.24. The van der Waals surface area contributed by atoms with Crippen molar-refractivity contribution >= 4 is 11.9 Å². The summed E-state index contributed by atoms with van der Waals surface area (Å²) in [6, 6.07) is 0.309. The molecular weight excluding hydrogens is 208 g/mol. The lowest BCUT2D eigenvalue weighted by Crippen LogP contribution is -2.44. The number of likely N-dealkylation sites (tertiary alicyclic amines) is 1. The topological polar surface area (TPSA) is 58.6 Å². The van der Waals surface area contributed by atoms with E-state index in [0.29, 0.717) is 19.0 Å². The van der Waals surface area contributed by atoms with Crippen LogP contribution in [-0.4, -0.2) is 49.6 Å². The number of nitrogens with one attached hydrogen (secondary N) is 1. The van der Waals surface area contributed by atoms with E-state index in [1.807, 2.05) is 4.90 Å². The molecule has 2 rings (SSSR count). The SMILES string of the molecule is COC(=O)[C@@H]1CC(=O)N(C2CCNCC2)C1. The van der Waals surface area contributed by atoms with Gasteiger partial charge in [-0.1, -0.05) is 0 Å². The lowest BCUT2D eigenvalue weighted by atomic mass is 10.1. The third-order valence-corrected chi connectivity index (χ3v) is 3.44. The molecule has 0 aromatic rings. The Kier molecular flexibility index (Phi) is 3.43. The molecule has 5 nitrogen and oxygen atoms in total. The smallest absolute Gasteiger partial charge is 0.310 e. The number of ether oxygens (including phenoxy) is 1. The van der Waals surface area contributed by atoms with Crippen LogP contribution in [0.4, 0.5) is 0 Å². The van der Waals surface area contributed by atoms with Crippen molar-refractivity contribution in [2.75, 3.05) is 26.7 Å². The third-order valence-electron chi connectivity index (χ3n) is 3.44. The third kappa shape index (κ3) is 2.19. The standard InChI is InChI=1S/C11H18N2O3/c1-16-11(15)8-6-10(14)13(7-8)9-2-4-12-5-3-9/h8-9,12H,2-7H2,1H3/t8-/m1/s1. The van der Waals surface area contributed by atoms with E-state index < -0.39 is 0 Å². The van der Waals surface area contributed by atoms with Crippen LogP contribution < -0.4 is 5.32 Å². The highest BCUT2D eigenvalue weighted by Gasteiger charge is 2.38. The van der Waals surface area contributed by atoms with Crippen molar-refractivity contribution in [3.8, 4) is 0 Å². The second-order valence-corrected chi connectivity index (χ2v) is 4.45. The Labute approximate surface area is 95.1 Å². The highest BCUT2D eigenvalue weighted by molar-refractivity contribution is 5.87. The Balaban J connectivity index is 1.96. The molecule has 0 aromatic heterocycles. The first-order valence-corrected chi connectivity index (χ1v) is 5.80. The van der Waals surface area contributed by atoms with Gasteiger partial charge in [-0.2, -0.15) is 0 Å². The van der Waals surface area contributed by atoms with Crippen molar-refractivity contribution in [2.24, 2.45) is 5.92 Å². The number of piperidine rings is 1. The molecule has 0 aromatic carbocycles. The lowest BCUT2D eigenvalue weighted by molar-refractivity contribution is -0.145. The molecule has 0 unspecified atom stereocenters. The van der Waals surface area contributed by atoms with Crippen molar-refractivity contribution in [1.82, 2.24) is 10.2 Å². The van der Waals surface area contributed by atoms with Gasteiger partial charge < -0.3 is 15.0 Å². The fourth-order valence-corrected chi connectivity index (χ4v) is 2.53. The average molecular weight is 226 g/mol. The molecule has 0 spiro atoms. The van der Waals surface area contributed by atoms with E-state index in [9.17, 15) is 9.59 Å². The number of hydrogen-bond donors (Lipinski definition) is 1. The van der Waals surface area contributed by atoms with Crippen LogP contribution in [0.1, 0.15) is 19.3 Å². The first kappa shape index (κ1) is 11.4. The molecule has 2 saturated heterocycles. The highest BCUT2D eigenvalue weighted by atomic mass is 16.5. The summed E-state index contributed by atoms with van der Waals surface area (Å²) in [6.07, 6.45) is 2.29. The molecular formula is C11H18N2O3. The number of esters is 1.